The van der Waals surface area contributed by atoms with E-state index in [1.165, 1.54) is 0 Å². The number of nitrogens with one attached hydrogen (secondary N) is 3. The molecule has 0 aromatic carbocycles. The third kappa shape index (κ3) is 7.62. The minimum Gasteiger partial charge on any atom is -0.483 e. The van der Waals surface area contributed by atoms with Crippen molar-refractivity contribution in [1.82, 2.24) is 25.7 Å². The van der Waals surface area contributed by atoms with Gasteiger partial charge in [-0.15, -0.1) is 0 Å². The van der Waals surface area contributed by atoms with Crippen LogP contribution in [0.25, 0.3) is 0 Å². The molecule has 0 saturated carbocycles. The molecule has 1 aromatic heterocycles. The summed E-state index contributed by atoms with van der Waals surface area (Å²) in [7, 11) is 0. The van der Waals surface area contributed by atoms with Crippen molar-refractivity contribution in [3.8, 4) is 0 Å². The van der Waals surface area contributed by atoms with Gasteiger partial charge in [-0.05, 0) is 39.5 Å². The number of aromatic nitrogens is 2. The van der Waals surface area contributed by atoms with Crippen molar-refractivity contribution >= 4 is 18.3 Å². The van der Waals surface area contributed by atoms with Gasteiger partial charge in [0.2, 0.25) is 11.8 Å². The second kappa shape index (κ2) is 12.4. The second-order valence-electron chi connectivity index (χ2n) is 8.20. The normalized spacial score (nSPS) is 22.5. The molecule has 174 valence electrons. The highest BCUT2D eigenvalue weighted by Gasteiger charge is 2.32. The van der Waals surface area contributed by atoms with E-state index in [4.69, 9.17) is 14.6 Å². The van der Waals surface area contributed by atoms with Crippen LogP contribution < -0.4 is 10.6 Å². The van der Waals surface area contributed by atoms with Gasteiger partial charge in [0.1, 0.15) is 0 Å². The Kier molecular flexibility index (Phi) is 9.93. The van der Waals surface area contributed by atoms with E-state index < -0.39 is 0 Å². The summed E-state index contributed by atoms with van der Waals surface area (Å²) in [5.41, 5.74) is 2.97. The van der Waals surface area contributed by atoms with E-state index in [2.05, 4.69) is 25.7 Å². The minimum absolute atomic E-state index is 0.00858. The Labute approximate surface area is 183 Å². The zero-order chi connectivity index (χ0) is 22.8. The van der Waals surface area contributed by atoms with Crippen molar-refractivity contribution in [1.29, 1.82) is 0 Å². The number of likely N-dealkylation sites (tertiary alicyclic amines) is 1. The van der Waals surface area contributed by atoms with E-state index >= 15 is 0 Å². The van der Waals surface area contributed by atoms with E-state index in [0.717, 1.165) is 68.9 Å². The first-order chi connectivity index (χ1) is 14.8. The highest BCUT2D eigenvalue weighted by molar-refractivity contribution is 5.79. The third-order valence-corrected chi connectivity index (χ3v) is 5.98. The van der Waals surface area contributed by atoms with Gasteiger partial charge in [-0.25, -0.2) is 0 Å². The lowest BCUT2D eigenvalue weighted by Crippen LogP contribution is -2.48. The molecule has 0 spiro atoms. The smallest absolute Gasteiger partial charge is 0.290 e. The fourth-order valence-corrected chi connectivity index (χ4v) is 4.35. The Morgan fingerprint density at radius 2 is 1.90 bits per heavy atom. The molecule has 2 aliphatic heterocycles. The van der Waals surface area contributed by atoms with E-state index in [1.807, 2.05) is 13.8 Å². The monoisotopic (exact) mass is 437 g/mol. The molecular weight excluding hydrogens is 402 g/mol. The Hall–Kier alpha value is -2.46. The van der Waals surface area contributed by atoms with Crippen molar-refractivity contribution in [3.05, 3.63) is 17.0 Å². The summed E-state index contributed by atoms with van der Waals surface area (Å²) in [5, 5.41) is 20.2. The van der Waals surface area contributed by atoms with Gasteiger partial charge in [0.15, 0.2) is 0 Å². The molecule has 10 nitrogen and oxygen atoms in total. The summed E-state index contributed by atoms with van der Waals surface area (Å²) in [5.74, 6) is 0.000359. The van der Waals surface area contributed by atoms with Crippen molar-refractivity contribution < 1.29 is 24.2 Å². The van der Waals surface area contributed by atoms with Crippen LogP contribution in [-0.2, 0) is 25.7 Å². The molecule has 0 aliphatic carbocycles. The minimum atomic E-state index is -0.250. The molecule has 0 radical (unpaired) electrons. The van der Waals surface area contributed by atoms with Crippen LogP contribution >= 0.6 is 0 Å². The summed E-state index contributed by atoms with van der Waals surface area (Å²) >= 11 is 0. The summed E-state index contributed by atoms with van der Waals surface area (Å²) in [6.07, 6.45) is 3.56. The molecule has 31 heavy (non-hydrogen) atoms. The molecule has 2 aliphatic rings. The van der Waals surface area contributed by atoms with Gasteiger partial charge in [0, 0.05) is 63.1 Å². The number of aryl methyl sites for hydroxylation is 2. The van der Waals surface area contributed by atoms with Crippen LogP contribution in [0.15, 0.2) is 0 Å². The zero-order valence-electron chi connectivity index (χ0n) is 18.6. The maximum atomic E-state index is 12.9. The van der Waals surface area contributed by atoms with Crippen molar-refractivity contribution in [2.45, 2.75) is 65.1 Å². The largest absolute Gasteiger partial charge is 0.483 e. The Balaban J connectivity index is 0.00000107. The second-order valence-corrected chi connectivity index (χ2v) is 8.20. The first-order valence-corrected chi connectivity index (χ1v) is 10.8. The molecule has 3 rings (SSSR count). The molecule has 1 aromatic rings. The van der Waals surface area contributed by atoms with Gasteiger partial charge in [0.25, 0.3) is 6.47 Å². The average molecular weight is 438 g/mol. The number of nitrogens with zero attached hydrogens (tertiary/aromatic N) is 2. The van der Waals surface area contributed by atoms with Gasteiger partial charge in [-0.2, -0.15) is 5.10 Å². The highest BCUT2D eigenvalue weighted by atomic mass is 16.5. The topological polar surface area (TPSA) is 137 Å². The summed E-state index contributed by atoms with van der Waals surface area (Å²) in [4.78, 5) is 35.3. The molecule has 3 heterocycles. The van der Waals surface area contributed by atoms with Crippen LogP contribution in [-0.4, -0.2) is 76.9 Å². The molecule has 0 unspecified atom stereocenters. The van der Waals surface area contributed by atoms with E-state index in [9.17, 15) is 9.59 Å². The number of ether oxygens (including phenoxy) is 1. The number of amides is 2. The third-order valence-electron chi connectivity index (χ3n) is 5.98. The standard InChI is InChI=1S/C20H33N5O3.CH2O2/c1-13-19(14(2)24-23-13)10-21-20(27)16-4-5-17(22-15(3)26)12-25(11-16)18-6-8-28-9-7-18;2-1-3/h16-18H,4-12H2,1-3H3,(H,21,27)(H,22,26)(H,23,24);1H,(H,2,3)/t16-,17+;/m1./s1. The van der Waals surface area contributed by atoms with Crippen LogP contribution in [0.4, 0.5) is 0 Å². The summed E-state index contributed by atoms with van der Waals surface area (Å²) in [6.45, 7) is 8.78. The summed E-state index contributed by atoms with van der Waals surface area (Å²) in [6, 6.07) is 0.508. The number of carboxylic acid groups (broad SMARTS) is 1. The van der Waals surface area contributed by atoms with Crippen LogP contribution in [0.1, 0.15) is 49.6 Å². The Bertz CT molecular complexity index is 712. The molecule has 2 fully saturated rings. The lowest BCUT2D eigenvalue weighted by molar-refractivity contribution is -0.126. The van der Waals surface area contributed by atoms with Crippen LogP contribution in [0, 0.1) is 19.8 Å². The molecular formula is C21H35N5O5. The van der Waals surface area contributed by atoms with Crippen LogP contribution in [0.5, 0.6) is 0 Å². The van der Waals surface area contributed by atoms with E-state index in [-0.39, 0.29) is 30.2 Å². The van der Waals surface area contributed by atoms with Gasteiger partial charge in [0.05, 0.1) is 11.6 Å². The number of rotatable bonds is 5. The fourth-order valence-electron chi connectivity index (χ4n) is 4.35. The lowest BCUT2D eigenvalue weighted by atomic mass is 10.00. The molecule has 4 N–H and O–H groups in total. The number of carbonyl (C=O) groups is 3. The Morgan fingerprint density at radius 3 is 2.48 bits per heavy atom. The summed E-state index contributed by atoms with van der Waals surface area (Å²) < 4.78 is 5.51. The predicted octanol–water partition coefficient (Wildman–Crippen LogP) is 0.739. The quantitative estimate of drug-likeness (QED) is 0.499. The highest BCUT2D eigenvalue weighted by Crippen LogP contribution is 2.23. The maximum Gasteiger partial charge on any atom is 0.290 e. The molecule has 2 amide bonds. The first kappa shape index (κ1) is 24.8. The molecule has 2 saturated heterocycles. The van der Waals surface area contributed by atoms with Crippen molar-refractivity contribution in [2.24, 2.45) is 5.92 Å². The molecule has 2 atom stereocenters. The average Bonchev–Trinajstić information content (AvgIpc) is 2.93. The van der Waals surface area contributed by atoms with E-state index in [1.54, 1.807) is 6.92 Å². The van der Waals surface area contributed by atoms with Crippen LogP contribution in [0.2, 0.25) is 0 Å². The first-order valence-electron chi connectivity index (χ1n) is 10.8. The van der Waals surface area contributed by atoms with Gasteiger partial charge in [-0.1, -0.05) is 0 Å². The number of hydrogen-bond acceptors (Lipinski definition) is 6. The SMILES string of the molecule is CC(=O)N[C@H]1CC[C@@H](C(=O)NCc2c(C)n[nH]c2C)CN(C2CCOCC2)C1.O=CO. The predicted molar refractivity (Wildman–Crippen MR) is 114 cm³/mol. The van der Waals surface area contributed by atoms with Crippen molar-refractivity contribution in [2.75, 3.05) is 26.3 Å². The number of aromatic amines is 1. The number of hydrogen-bond donors (Lipinski definition) is 4. The number of carbonyl (C=O) groups excluding carboxylic acids is 2. The lowest BCUT2D eigenvalue weighted by Gasteiger charge is -2.36. The Morgan fingerprint density at radius 1 is 1.23 bits per heavy atom. The van der Waals surface area contributed by atoms with Crippen molar-refractivity contribution in [3.63, 3.8) is 0 Å². The van der Waals surface area contributed by atoms with E-state index in [0.29, 0.717) is 12.6 Å². The van der Waals surface area contributed by atoms with Gasteiger partial charge >= 0.3 is 0 Å². The number of H-pyrrole nitrogens is 1. The van der Waals surface area contributed by atoms with Gasteiger partial charge < -0.3 is 20.5 Å². The molecule has 10 heteroatoms. The fraction of sp³-hybridized carbons (Fsp3) is 0.714. The zero-order valence-corrected chi connectivity index (χ0v) is 18.6. The van der Waals surface area contributed by atoms with Crippen LogP contribution in [0.3, 0.4) is 0 Å². The maximum absolute atomic E-state index is 12.9. The van der Waals surface area contributed by atoms with Gasteiger partial charge in [-0.3, -0.25) is 24.4 Å². The molecule has 0 bridgehead atoms.